The molecule has 0 radical (unpaired) electrons. The maximum atomic E-state index is 9.81. The van der Waals surface area contributed by atoms with E-state index < -0.39 is 0 Å². The molecule has 0 aliphatic rings. The number of H-pyrrole nitrogens is 1. The zero-order valence-electron chi connectivity index (χ0n) is 11.9. The lowest BCUT2D eigenvalue weighted by Gasteiger charge is -2.03. The number of fused-ring (bicyclic) bond motifs is 1. The van der Waals surface area contributed by atoms with Crippen LogP contribution in [-0.4, -0.2) is 35.5 Å². The number of aryl methyl sites for hydroxylation is 1. The first-order chi connectivity index (χ1) is 10.7. The van der Waals surface area contributed by atoms with Crippen LogP contribution in [0.15, 0.2) is 54.9 Å². The van der Waals surface area contributed by atoms with Gasteiger partial charge in [0.25, 0.3) is 0 Å². The standard InChI is InChI=1S/C13H11N3O.C2H3N3/c1-9-6-7-13(17)12(8-9)16-14-10-4-2-3-5-11(10)15-16;1-2-4-5-3-1/h2-8,17H,1H3;1-2H,(H,3,4,5). The molecule has 7 heteroatoms. The molecule has 0 aliphatic heterocycles. The third-order valence-electron chi connectivity index (χ3n) is 2.96. The average Bonchev–Trinajstić information content (AvgIpc) is 3.21. The lowest BCUT2D eigenvalue weighted by Crippen LogP contribution is -1.99. The normalized spacial score (nSPS) is 10.2. The number of phenolic OH excluding ortho intramolecular Hbond substituents is 1. The molecule has 4 rings (SSSR count). The molecule has 2 aromatic carbocycles. The zero-order chi connectivity index (χ0) is 15.4. The second-order valence-electron chi connectivity index (χ2n) is 4.63. The Morgan fingerprint density at radius 1 is 0.955 bits per heavy atom. The Hall–Kier alpha value is -3.22. The van der Waals surface area contributed by atoms with Crippen LogP contribution in [0, 0.1) is 6.92 Å². The number of aromatic hydroxyl groups is 1. The predicted molar refractivity (Wildman–Crippen MR) is 81.6 cm³/mol. The van der Waals surface area contributed by atoms with Gasteiger partial charge in [-0.15, -0.1) is 15.0 Å². The summed E-state index contributed by atoms with van der Waals surface area (Å²) in [5.41, 5.74) is 3.28. The molecule has 22 heavy (non-hydrogen) atoms. The van der Waals surface area contributed by atoms with Gasteiger partial charge in [0, 0.05) is 0 Å². The molecule has 0 amide bonds. The number of hydrogen-bond donors (Lipinski definition) is 2. The first-order valence-electron chi connectivity index (χ1n) is 6.66. The highest BCUT2D eigenvalue weighted by atomic mass is 16.3. The molecule has 0 saturated carbocycles. The van der Waals surface area contributed by atoms with E-state index in [2.05, 4.69) is 25.6 Å². The molecule has 7 nitrogen and oxygen atoms in total. The molecular formula is C15H14N6O. The summed E-state index contributed by atoms with van der Waals surface area (Å²) in [5.74, 6) is 0.177. The number of aromatic amines is 1. The summed E-state index contributed by atoms with van der Waals surface area (Å²) in [4.78, 5) is 1.47. The number of phenols is 1. The van der Waals surface area contributed by atoms with Gasteiger partial charge in [-0.2, -0.15) is 15.4 Å². The van der Waals surface area contributed by atoms with Crippen LogP contribution in [0.3, 0.4) is 0 Å². The van der Waals surface area contributed by atoms with Crippen molar-refractivity contribution < 1.29 is 5.11 Å². The maximum Gasteiger partial charge on any atom is 0.143 e. The molecule has 0 unspecified atom stereocenters. The van der Waals surface area contributed by atoms with Crippen LogP contribution >= 0.6 is 0 Å². The van der Waals surface area contributed by atoms with Crippen LogP contribution in [0.1, 0.15) is 5.56 Å². The van der Waals surface area contributed by atoms with Crippen LogP contribution in [0.25, 0.3) is 16.7 Å². The minimum absolute atomic E-state index is 0.177. The lowest BCUT2D eigenvalue weighted by molar-refractivity contribution is 0.467. The van der Waals surface area contributed by atoms with Gasteiger partial charge in [0.05, 0.1) is 12.4 Å². The molecule has 2 aromatic heterocycles. The summed E-state index contributed by atoms with van der Waals surface area (Å²) < 4.78 is 0. The van der Waals surface area contributed by atoms with E-state index in [1.54, 1.807) is 18.5 Å². The van der Waals surface area contributed by atoms with Crippen molar-refractivity contribution in [3.05, 3.63) is 60.4 Å². The second kappa shape index (κ2) is 6.04. The molecule has 2 N–H and O–H groups in total. The fraction of sp³-hybridized carbons (Fsp3) is 0.0667. The van der Waals surface area contributed by atoms with Gasteiger partial charge in [-0.1, -0.05) is 18.2 Å². The van der Waals surface area contributed by atoms with Gasteiger partial charge in [-0.25, -0.2) is 0 Å². The number of aromatic nitrogens is 6. The zero-order valence-corrected chi connectivity index (χ0v) is 11.9. The first-order valence-corrected chi connectivity index (χ1v) is 6.66. The fourth-order valence-electron chi connectivity index (χ4n) is 1.93. The summed E-state index contributed by atoms with van der Waals surface area (Å²) in [6, 6.07) is 13.0. The predicted octanol–water partition coefficient (Wildman–Crippen LogP) is 2.24. The van der Waals surface area contributed by atoms with Crippen LogP contribution in [0.5, 0.6) is 5.75 Å². The van der Waals surface area contributed by atoms with Crippen molar-refractivity contribution >= 4 is 11.0 Å². The third kappa shape index (κ3) is 2.93. The smallest absolute Gasteiger partial charge is 0.143 e. The van der Waals surface area contributed by atoms with Crippen LogP contribution in [0.4, 0.5) is 0 Å². The summed E-state index contributed by atoms with van der Waals surface area (Å²) in [6.45, 7) is 1.96. The Morgan fingerprint density at radius 3 is 2.14 bits per heavy atom. The van der Waals surface area contributed by atoms with Crippen LogP contribution in [-0.2, 0) is 0 Å². The number of hydrogen-bond acceptors (Lipinski definition) is 5. The van der Waals surface area contributed by atoms with Crippen LogP contribution in [0.2, 0.25) is 0 Å². The van der Waals surface area contributed by atoms with E-state index in [9.17, 15) is 5.11 Å². The molecule has 4 aromatic rings. The Kier molecular flexibility index (Phi) is 3.78. The molecule has 0 fully saturated rings. The van der Waals surface area contributed by atoms with Gasteiger partial charge in [0.15, 0.2) is 0 Å². The van der Waals surface area contributed by atoms with Gasteiger partial charge in [-0.05, 0) is 36.8 Å². The van der Waals surface area contributed by atoms with E-state index >= 15 is 0 Å². The Balaban J connectivity index is 0.000000246. The molecule has 0 spiro atoms. The number of benzene rings is 2. The SMILES string of the molecule is Cc1ccc(O)c(-n2nc3ccccc3n2)c1.c1cn[nH]n1. The Bertz CT molecular complexity index is 819. The minimum Gasteiger partial charge on any atom is -0.506 e. The Labute approximate surface area is 126 Å². The quantitative estimate of drug-likeness (QED) is 0.561. The molecule has 0 aliphatic carbocycles. The average molecular weight is 294 g/mol. The highest BCUT2D eigenvalue weighted by Gasteiger charge is 2.08. The van der Waals surface area contributed by atoms with Crippen molar-refractivity contribution in [2.45, 2.75) is 6.92 Å². The third-order valence-corrected chi connectivity index (χ3v) is 2.96. The van der Waals surface area contributed by atoms with Crippen LogP contribution < -0.4 is 0 Å². The van der Waals surface area contributed by atoms with Gasteiger partial charge >= 0.3 is 0 Å². The molecule has 0 atom stereocenters. The second-order valence-corrected chi connectivity index (χ2v) is 4.63. The number of nitrogens with zero attached hydrogens (tertiary/aromatic N) is 5. The summed E-state index contributed by atoms with van der Waals surface area (Å²) in [5, 5.41) is 27.8. The van der Waals surface area contributed by atoms with Gasteiger partial charge in [0.2, 0.25) is 0 Å². The first kappa shape index (κ1) is 13.7. The van der Waals surface area contributed by atoms with Crippen molar-refractivity contribution in [3.63, 3.8) is 0 Å². The molecule has 110 valence electrons. The lowest BCUT2D eigenvalue weighted by atomic mass is 10.2. The van der Waals surface area contributed by atoms with Crippen molar-refractivity contribution in [2.75, 3.05) is 0 Å². The maximum absolute atomic E-state index is 9.81. The van der Waals surface area contributed by atoms with Crippen molar-refractivity contribution in [3.8, 4) is 11.4 Å². The van der Waals surface area contributed by atoms with Crippen molar-refractivity contribution in [1.29, 1.82) is 0 Å². The fourth-order valence-corrected chi connectivity index (χ4v) is 1.93. The Morgan fingerprint density at radius 2 is 1.59 bits per heavy atom. The molecule has 0 saturated heterocycles. The highest BCUT2D eigenvalue weighted by Crippen LogP contribution is 2.22. The largest absolute Gasteiger partial charge is 0.506 e. The van der Waals surface area contributed by atoms with E-state index in [1.807, 2.05) is 43.3 Å². The molecule has 2 heterocycles. The van der Waals surface area contributed by atoms with Crippen molar-refractivity contribution in [2.24, 2.45) is 0 Å². The number of rotatable bonds is 1. The van der Waals surface area contributed by atoms with E-state index in [-0.39, 0.29) is 5.75 Å². The number of nitrogens with one attached hydrogen (secondary N) is 1. The molecule has 0 bridgehead atoms. The van der Waals surface area contributed by atoms with Gasteiger partial charge < -0.3 is 5.11 Å². The summed E-state index contributed by atoms with van der Waals surface area (Å²) >= 11 is 0. The van der Waals surface area contributed by atoms with E-state index in [0.717, 1.165) is 16.6 Å². The van der Waals surface area contributed by atoms with E-state index in [4.69, 9.17) is 0 Å². The topological polar surface area (TPSA) is 92.5 Å². The van der Waals surface area contributed by atoms with Gasteiger partial charge in [0.1, 0.15) is 22.5 Å². The summed E-state index contributed by atoms with van der Waals surface area (Å²) in [7, 11) is 0. The van der Waals surface area contributed by atoms with Crippen molar-refractivity contribution in [1.82, 2.24) is 30.4 Å². The minimum atomic E-state index is 0.177. The highest BCUT2D eigenvalue weighted by molar-refractivity contribution is 5.73. The van der Waals surface area contributed by atoms with E-state index in [1.165, 1.54) is 4.80 Å². The monoisotopic (exact) mass is 294 g/mol. The molecular weight excluding hydrogens is 280 g/mol. The van der Waals surface area contributed by atoms with E-state index in [0.29, 0.717) is 5.69 Å². The summed E-state index contributed by atoms with van der Waals surface area (Å²) in [6.07, 6.45) is 3.17. The van der Waals surface area contributed by atoms with Gasteiger partial charge in [-0.3, -0.25) is 0 Å².